The predicted octanol–water partition coefficient (Wildman–Crippen LogP) is 1.25. The summed E-state index contributed by atoms with van der Waals surface area (Å²) in [5.74, 6) is 0. The van der Waals surface area contributed by atoms with Gasteiger partial charge in [0, 0.05) is 12.3 Å². The summed E-state index contributed by atoms with van der Waals surface area (Å²) in [4.78, 5) is 3.97. The minimum atomic E-state index is 0.338. The molecule has 0 N–H and O–H groups in total. The van der Waals surface area contributed by atoms with E-state index in [1.54, 1.807) is 12.3 Å². The van der Waals surface area contributed by atoms with Gasteiger partial charge in [-0.2, -0.15) is 10.4 Å². The van der Waals surface area contributed by atoms with Gasteiger partial charge in [-0.1, -0.05) is 11.6 Å². The van der Waals surface area contributed by atoms with Crippen molar-refractivity contribution in [2.24, 2.45) is 0 Å². The molecule has 0 atom stereocenters. The van der Waals surface area contributed by atoms with Crippen LogP contribution in [0.5, 0.6) is 0 Å². The van der Waals surface area contributed by atoms with Crippen molar-refractivity contribution < 1.29 is 0 Å². The van der Waals surface area contributed by atoms with Crippen molar-refractivity contribution >= 4 is 17.2 Å². The van der Waals surface area contributed by atoms with E-state index >= 15 is 0 Å². The molecule has 0 saturated carbocycles. The fourth-order valence-electron chi connectivity index (χ4n) is 0.909. The lowest BCUT2D eigenvalue weighted by atomic mass is 10.5. The number of nitrogens with zero attached hydrogens (tertiary/aromatic N) is 4. The van der Waals surface area contributed by atoms with Gasteiger partial charge in [-0.05, 0) is 0 Å². The number of halogens is 1. The Morgan fingerprint density at radius 1 is 1.58 bits per heavy atom. The third kappa shape index (κ3) is 1.00. The minimum Gasteiger partial charge on any atom is -0.235 e. The van der Waals surface area contributed by atoms with E-state index in [4.69, 9.17) is 16.9 Å². The van der Waals surface area contributed by atoms with Crippen LogP contribution in [0.4, 0.5) is 0 Å². The van der Waals surface area contributed by atoms with Gasteiger partial charge in [-0.15, -0.1) is 0 Å². The molecule has 0 bridgehead atoms. The van der Waals surface area contributed by atoms with E-state index in [-0.39, 0.29) is 0 Å². The zero-order chi connectivity index (χ0) is 8.55. The van der Waals surface area contributed by atoms with Crippen molar-refractivity contribution in [3.8, 4) is 6.07 Å². The van der Waals surface area contributed by atoms with Crippen LogP contribution in [0.25, 0.3) is 5.65 Å². The SMILES string of the molecule is N#Cc1cc2ncc(Cl)cn2n1. The first-order valence-corrected chi connectivity index (χ1v) is 3.58. The Hall–Kier alpha value is -1.60. The number of hydrogen-bond acceptors (Lipinski definition) is 3. The van der Waals surface area contributed by atoms with Gasteiger partial charge in [-0.3, -0.25) is 0 Å². The molecule has 2 heterocycles. The average Bonchev–Trinajstić information content (AvgIpc) is 2.46. The number of rotatable bonds is 0. The molecule has 12 heavy (non-hydrogen) atoms. The minimum absolute atomic E-state index is 0.338. The number of aromatic nitrogens is 3. The van der Waals surface area contributed by atoms with Gasteiger partial charge >= 0.3 is 0 Å². The van der Waals surface area contributed by atoms with Gasteiger partial charge in [0.1, 0.15) is 6.07 Å². The van der Waals surface area contributed by atoms with Crippen molar-refractivity contribution in [1.29, 1.82) is 5.26 Å². The molecule has 2 aromatic rings. The second kappa shape index (κ2) is 2.47. The summed E-state index contributed by atoms with van der Waals surface area (Å²) in [6.07, 6.45) is 3.12. The highest BCUT2D eigenvalue weighted by Crippen LogP contribution is 2.08. The van der Waals surface area contributed by atoms with Crippen molar-refractivity contribution in [3.63, 3.8) is 0 Å². The molecule has 2 aromatic heterocycles. The van der Waals surface area contributed by atoms with Crippen LogP contribution in [-0.4, -0.2) is 14.6 Å². The summed E-state index contributed by atoms with van der Waals surface area (Å²) in [7, 11) is 0. The first-order valence-electron chi connectivity index (χ1n) is 3.20. The summed E-state index contributed by atoms with van der Waals surface area (Å²) < 4.78 is 1.47. The summed E-state index contributed by atoms with van der Waals surface area (Å²) >= 11 is 5.66. The topological polar surface area (TPSA) is 54.0 Å². The Morgan fingerprint density at radius 2 is 2.42 bits per heavy atom. The second-order valence-electron chi connectivity index (χ2n) is 2.22. The molecule has 0 aliphatic heterocycles. The molecular weight excluding hydrogens is 176 g/mol. The van der Waals surface area contributed by atoms with Crippen LogP contribution < -0.4 is 0 Å². The van der Waals surface area contributed by atoms with Crippen LogP contribution in [0.3, 0.4) is 0 Å². The van der Waals surface area contributed by atoms with E-state index in [0.717, 1.165) is 0 Å². The molecule has 0 aromatic carbocycles. The lowest BCUT2D eigenvalue weighted by molar-refractivity contribution is 0.930. The summed E-state index contributed by atoms with van der Waals surface area (Å²) in [5.41, 5.74) is 0.959. The summed E-state index contributed by atoms with van der Waals surface area (Å²) in [5, 5.41) is 12.9. The predicted molar refractivity (Wildman–Crippen MR) is 42.7 cm³/mol. The monoisotopic (exact) mass is 178 g/mol. The van der Waals surface area contributed by atoms with E-state index in [2.05, 4.69) is 10.1 Å². The highest BCUT2D eigenvalue weighted by Gasteiger charge is 2.00. The Bertz CT molecular complexity index is 468. The molecule has 0 radical (unpaired) electrons. The largest absolute Gasteiger partial charge is 0.235 e. The van der Waals surface area contributed by atoms with Crippen LogP contribution in [0.1, 0.15) is 5.69 Å². The highest BCUT2D eigenvalue weighted by atomic mass is 35.5. The van der Waals surface area contributed by atoms with E-state index in [1.165, 1.54) is 10.7 Å². The van der Waals surface area contributed by atoms with Gasteiger partial charge in [0.2, 0.25) is 0 Å². The fourth-order valence-corrected chi connectivity index (χ4v) is 1.05. The van der Waals surface area contributed by atoms with Crippen LogP contribution in [0, 0.1) is 11.3 Å². The molecule has 2 rings (SSSR count). The van der Waals surface area contributed by atoms with E-state index < -0.39 is 0 Å². The van der Waals surface area contributed by atoms with Crippen molar-refractivity contribution in [3.05, 3.63) is 29.2 Å². The van der Waals surface area contributed by atoms with Gasteiger partial charge in [-0.25, -0.2) is 9.50 Å². The third-order valence-electron chi connectivity index (χ3n) is 1.40. The molecule has 0 saturated heterocycles. The Labute approximate surface area is 73.0 Å². The third-order valence-corrected chi connectivity index (χ3v) is 1.59. The van der Waals surface area contributed by atoms with Crippen LogP contribution >= 0.6 is 11.6 Å². The molecule has 0 fully saturated rings. The maximum Gasteiger partial charge on any atom is 0.165 e. The van der Waals surface area contributed by atoms with Crippen LogP contribution in [0.2, 0.25) is 5.02 Å². The zero-order valence-electron chi connectivity index (χ0n) is 5.90. The Balaban J connectivity index is 2.77. The molecule has 4 nitrogen and oxygen atoms in total. The molecule has 0 aliphatic carbocycles. The average molecular weight is 179 g/mol. The number of hydrogen-bond donors (Lipinski definition) is 0. The molecular formula is C7H3ClN4. The van der Waals surface area contributed by atoms with Gasteiger partial charge in [0.15, 0.2) is 11.3 Å². The van der Waals surface area contributed by atoms with Gasteiger partial charge in [0.05, 0.1) is 11.2 Å². The van der Waals surface area contributed by atoms with Gasteiger partial charge in [0.25, 0.3) is 0 Å². The lowest BCUT2D eigenvalue weighted by Gasteiger charge is -1.90. The first-order chi connectivity index (χ1) is 5.79. The molecule has 0 amide bonds. The molecule has 0 unspecified atom stereocenters. The number of fused-ring (bicyclic) bond motifs is 1. The molecule has 58 valence electrons. The quantitative estimate of drug-likeness (QED) is 0.610. The summed E-state index contributed by atoms with van der Waals surface area (Å²) in [6, 6.07) is 3.51. The van der Waals surface area contributed by atoms with Crippen molar-refractivity contribution in [1.82, 2.24) is 14.6 Å². The maximum atomic E-state index is 8.52. The fraction of sp³-hybridized carbons (Fsp3) is 0. The number of nitriles is 1. The van der Waals surface area contributed by atoms with Gasteiger partial charge < -0.3 is 0 Å². The Kier molecular flexibility index (Phi) is 1.45. The molecule has 5 heteroatoms. The molecule has 0 aliphatic rings. The maximum absolute atomic E-state index is 8.52. The zero-order valence-corrected chi connectivity index (χ0v) is 6.65. The first kappa shape index (κ1) is 7.07. The summed E-state index contributed by atoms with van der Waals surface area (Å²) in [6.45, 7) is 0. The van der Waals surface area contributed by atoms with E-state index in [9.17, 15) is 0 Å². The van der Waals surface area contributed by atoms with Crippen molar-refractivity contribution in [2.45, 2.75) is 0 Å². The normalized spacial score (nSPS) is 10.0. The standard InChI is InChI=1S/C7H3ClN4/c8-5-3-10-7-1-6(2-9)11-12(7)4-5/h1,3-4H. The van der Waals surface area contributed by atoms with E-state index in [0.29, 0.717) is 16.4 Å². The second-order valence-corrected chi connectivity index (χ2v) is 2.65. The Morgan fingerprint density at radius 3 is 3.17 bits per heavy atom. The van der Waals surface area contributed by atoms with Crippen LogP contribution in [-0.2, 0) is 0 Å². The van der Waals surface area contributed by atoms with Crippen molar-refractivity contribution in [2.75, 3.05) is 0 Å². The lowest BCUT2D eigenvalue weighted by Crippen LogP contribution is -1.88. The molecule has 0 spiro atoms. The highest BCUT2D eigenvalue weighted by molar-refractivity contribution is 6.30. The van der Waals surface area contributed by atoms with Crippen LogP contribution in [0.15, 0.2) is 18.5 Å². The smallest absolute Gasteiger partial charge is 0.165 e. The van der Waals surface area contributed by atoms with E-state index in [1.807, 2.05) is 6.07 Å².